The van der Waals surface area contributed by atoms with Gasteiger partial charge in [-0.05, 0) is 38.0 Å². The zero-order valence-corrected chi connectivity index (χ0v) is 20.3. The van der Waals surface area contributed by atoms with Gasteiger partial charge in [0.05, 0.1) is 30.6 Å². The maximum absolute atomic E-state index is 14.9. The average Bonchev–Trinajstić information content (AvgIpc) is 3.39. The number of anilines is 2. The fraction of sp³-hybridized carbons (Fsp3) is 0.391. The fourth-order valence-electron chi connectivity index (χ4n) is 4.28. The van der Waals surface area contributed by atoms with Gasteiger partial charge in [0.25, 0.3) is 0 Å². The zero-order valence-electron chi connectivity index (χ0n) is 18.7. The summed E-state index contributed by atoms with van der Waals surface area (Å²) in [5.74, 6) is 0.0677. The van der Waals surface area contributed by atoms with E-state index in [1.165, 1.54) is 30.2 Å². The van der Waals surface area contributed by atoms with Crippen LogP contribution in [0.15, 0.2) is 30.6 Å². The molecule has 1 aromatic carbocycles. The van der Waals surface area contributed by atoms with Gasteiger partial charge in [0.1, 0.15) is 16.6 Å². The van der Waals surface area contributed by atoms with Crippen LogP contribution in [-0.4, -0.2) is 51.0 Å². The molecule has 4 aromatic rings. The lowest BCUT2D eigenvalue weighted by Gasteiger charge is -2.36. The van der Waals surface area contributed by atoms with E-state index in [4.69, 9.17) is 26.3 Å². The van der Waals surface area contributed by atoms with E-state index in [-0.39, 0.29) is 12.2 Å². The van der Waals surface area contributed by atoms with E-state index >= 15 is 0 Å². The van der Waals surface area contributed by atoms with E-state index in [0.29, 0.717) is 52.1 Å². The number of benzene rings is 1. The summed E-state index contributed by atoms with van der Waals surface area (Å²) in [5.41, 5.74) is 2.44. The molecule has 8 nitrogen and oxygen atoms in total. The van der Waals surface area contributed by atoms with E-state index in [9.17, 15) is 4.39 Å². The van der Waals surface area contributed by atoms with Crippen molar-refractivity contribution in [2.75, 3.05) is 30.4 Å². The van der Waals surface area contributed by atoms with Crippen LogP contribution in [0.1, 0.15) is 37.5 Å². The molecule has 6 rings (SSSR count). The normalized spacial score (nSPS) is 20.8. The van der Waals surface area contributed by atoms with E-state index < -0.39 is 5.82 Å². The topological polar surface area (TPSA) is 81.0 Å². The highest BCUT2D eigenvalue weighted by Gasteiger charge is 2.32. The first kappa shape index (κ1) is 21.7. The number of aromatic nitrogens is 5. The average molecular weight is 500 g/mol. The Hall–Kier alpha value is -2.82. The third-order valence-electron chi connectivity index (χ3n) is 6.10. The van der Waals surface area contributed by atoms with Gasteiger partial charge in [-0.3, -0.25) is 4.68 Å². The Morgan fingerprint density at radius 2 is 2.06 bits per heavy atom. The summed E-state index contributed by atoms with van der Waals surface area (Å²) in [4.78, 5) is 16.3. The standard InChI is InChI=1S/C23H23ClFN7OS/c1-12-9-31(11-18(33-12)13-8-27-32(10-13)15-4-5-15)22-28-19(16-6-3-14(24)7-17(16)25)20-21(29-22)30-23(26-2)34-20/h3,6-8,10,12,15,18H,4-5,9,11H2,1-2H3,(H,26,28,29,30)/t12-,18-/m1/s1. The van der Waals surface area contributed by atoms with Crippen molar-refractivity contribution in [2.45, 2.75) is 38.0 Å². The minimum atomic E-state index is -0.432. The van der Waals surface area contributed by atoms with Crippen molar-refractivity contribution in [3.63, 3.8) is 0 Å². The van der Waals surface area contributed by atoms with Crippen LogP contribution in [0.3, 0.4) is 0 Å². The van der Waals surface area contributed by atoms with Crippen molar-refractivity contribution in [3.05, 3.63) is 47.0 Å². The molecule has 1 N–H and O–H groups in total. The number of hydrogen-bond donors (Lipinski definition) is 1. The summed E-state index contributed by atoms with van der Waals surface area (Å²) in [6.07, 6.45) is 6.12. The number of thiazole rings is 1. The first-order valence-corrected chi connectivity index (χ1v) is 12.4. The molecule has 2 fully saturated rings. The number of ether oxygens (including phenoxy) is 1. The molecule has 1 saturated heterocycles. The van der Waals surface area contributed by atoms with Crippen molar-refractivity contribution in [1.29, 1.82) is 0 Å². The van der Waals surface area contributed by atoms with Gasteiger partial charge >= 0.3 is 0 Å². The van der Waals surface area contributed by atoms with Gasteiger partial charge in [0.2, 0.25) is 5.95 Å². The van der Waals surface area contributed by atoms with Crippen LogP contribution in [0.4, 0.5) is 15.5 Å². The van der Waals surface area contributed by atoms with Crippen LogP contribution in [0.25, 0.3) is 21.6 Å². The minimum absolute atomic E-state index is 0.0404. The number of hydrogen-bond acceptors (Lipinski definition) is 8. The van der Waals surface area contributed by atoms with Crippen LogP contribution in [-0.2, 0) is 4.74 Å². The summed E-state index contributed by atoms with van der Waals surface area (Å²) >= 11 is 7.39. The van der Waals surface area contributed by atoms with Crippen molar-refractivity contribution in [1.82, 2.24) is 24.7 Å². The molecule has 1 aliphatic carbocycles. The Morgan fingerprint density at radius 3 is 2.82 bits per heavy atom. The maximum Gasteiger partial charge on any atom is 0.228 e. The van der Waals surface area contributed by atoms with Crippen molar-refractivity contribution < 1.29 is 9.13 Å². The summed E-state index contributed by atoms with van der Waals surface area (Å²) in [7, 11) is 1.80. The second kappa shape index (κ2) is 8.44. The lowest BCUT2D eigenvalue weighted by molar-refractivity contribution is -0.0178. The monoisotopic (exact) mass is 499 g/mol. The molecular weight excluding hydrogens is 477 g/mol. The maximum atomic E-state index is 14.9. The molecule has 0 unspecified atom stereocenters. The van der Waals surface area contributed by atoms with E-state index in [1.807, 2.05) is 17.8 Å². The number of nitrogens with one attached hydrogen (secondary N) is 1. The lowest BCUT2D eigenvalue weighted by atomic mass is 10.1. The summed E-state index contributed by atoms with van der Waals surface area (Å²) in [6.45, 7) is 3.22. The quantitative estimate of drug-likeness (QED) is 0.410. The van der Waals surface area contributed by atoms with Crippen LogP contribution < -0.4 is 10.2 Å². The zero-order chi connectivity index (χ0) is 23.4. The molecular formula is C23H23ClFN7OS. The lowest BCUT2D eigenvalue weighted by Crippen LogP contribution is -2.43. The Bertz CT molecular complexity index is 1370. The predicted octanol–water partition coefficient (Wildman–Crippen LogP) is 5.09. The van der Waals surface area contributed by atoms with Crippen LogP contribution >= 0.6 is 22.9 Å². The third kappa shape index (κ3) is 3.99. The molecule has 0 bridgehead atoms. The Morgan fingerprint density at radius 1 is 1.21 bits per heavy atom. The Kier molecular flexibility index (Phi) is 5.39. The van der Waals surface area contributed by atoms with Gasteiger partial charge < -0.3 is 15.0 Å². The largest absolute Gasteiger partial charge is 0.367 e. The third-order valence-corrected chi connectivity index (χ3v) is 7.40. The molecule has 0 spiro atoms. The second-order valence-electron chi connectivity index (χ2n) is 8.74. The van der Waals surface area contributed by atoms with Gasteiger partial charge in [0.15, 0.2) is 10.8 Å². The SMILES string of the molecule is CNc1nc2nc(N3C[C@@H](C)O[C@@H](c4cnn(C5CC5)c4)C3)nc(-c3ccc(Cl)cc3F)c2s1. The molecule has 0 radical (unpaired) electrons. The molecule has 2 atom stereocenters. The fourth-order valence-corrected chi connectivity index (χ4v) is 5.30. The Balaban J connectivity index is 1.40. The van der Waals surface area contributed by atoms with Crippen molar-refractivity contribution >= 4 is 44.4 Å². The van der Waals surface area contributed by atoms with Crippen molar-refractivity contribution in [3.8, 4) is 11.3 Å². The molecule has 34 heavy (non-hydrogen) atoms. The van der Waals surface area contributed by atoms with Gasteiger partial charge in [0, 0.05) is 35.9 Å². The highest BCUT2D eigenvalue weighted by Crippen LogP contribution is 2.38. The number of nitrogens with zero attached hydrogens (tertiary/aromatic N) is 6. The molecule has 176 valence electrons. The molecule has 0 amide bonds. The highest BCUT2D eigenvalue weighted by molar-refractivity contribution is 7.22. The summed E-state index contributed by atoms with van der Waals surface area (Å²) in [5, 5.41) is 8.60. The first-order valence-electron chi connectivity index (χ1n) is 11.2. The second-order valence-corrected chi connectivity index (χ2v) is 10.2. The summed E-state index contributed by atoms with van der Waals surface area (Å²) < 4.78 is 23.9. The number of halogens is 2. The van der Waals surface area contributed by atoms with E-state index in [2.05, 4.69) is 26.5 Å². The molecule has 1 saturated carbocycles. The van der Waals surface area contributed by atoms with Gasteiger partial charge in [-0.15, -0.1) is 0 Å². The van der Waals surface area contributed by atoms with Crippen LogP contribution in [0, 0.1) is 5.82 Å². The minimum Gasteiger partial charge on any atom is -0.367 e. The summed E-state index contributed by atoms with van der Waals surface area (Å²) in [6, 6.07) is 5.13. The number of rotatable bonds is 5. The molecule has 4 heterocycles. The van der Waals surface area contributed by atoms with Crippen LogP contribution in [0.2, 0.25) is 5.02 Å². The van der Waals surface area contributed by atoms with Gasteiger partial charge in [-0.2, -0.15) is 15.1 Å². The predicted molar refractivity (Wildman–Crippen MR) is 131 cm³/mol. The molecule has 3 aromatic heterocycles. The molecule has 11 heteroatoms. The van der Waals surface area contributed by atoms with E-state index in [0.717, 1.165) is 10.3 Å². The number of morpholine rings is 1. The first-order chi connectivity index (χ1) is 16.5. The van der Waals surface area contributed by atoms with Crippen molar-refractivity contribution in [2.24, 2.45) is 0 Å². The molecule has 2 aliphatic rings. The Labute approximate surface area is 204 Å². The smallest absolute Gasteiger partial charge is 0.228 e. The van der Waals surface area contributed by atoms with Gasteiger partial charge in [-0.1, -0.05) is 22.9 Å². The van der Waals surface area contributed by atoms with Crippen LogP contribution in [0.5, 0.6) is 0 Å². The number of fused-ring (bicyclic) bond motifs is 1. The molecule has 1 aliphatic heterocycles. The van der Waals surface area contributed by atoms with Gasteiger partial charge in [-0.25, -0.2) is 9.37 Å². The highest BCUT2D eigenvalue weighted by atomic mass is 35.5. The van der Waals surface area contributed by atoms with E-state index in [1.54, 1.807) is 19.2 Å².